The number of aromatic nitrogens is 2. The van der Waals surface area contributed by atoms with Crippen molar-refractivity contribution in [2.45, 2.75) is 43.6 Å². The van der Waals surface area contributed by atoms with E-state index in [1.54, 1.807) is 18.2 Å². The highest BCUT2D eigenvalue weighted by atomic mass is 35.5. The summed E-state index contributed by atoms with van der Waals surface area (Å²) < 4.78 is 0. The van der Waals surface area contributed by atoms with E-state index in [1.165, 1.54) is 11.9 Å². The third-order valence-electron chi connectivity index (χ3n) is 7.58. The zero-order valence-electron chi connectivity index (χ0n) is 20.1. The highest BCUT2D eigenvalue weighted by Gasteiger charge is 2.40. The normalized spacial score (nSPS) is 20.9. The Hall–Kier alpha value is -2.71. The second-order valence-electron chi connectivity index (χ2n) is 9.41. The molecule has 3 aromatic rings. The predicted molar refractivity (Wildman–Crippen MR) is 148 cm³/mol. The number of benzene rings is 2. The van der Waals surface area contributed by atoms with Crippen molar-refractivity contribution in [2.24, 2.45) is 5.73 Å². The van der Waals surface area contributed by atoms with Gasteiger partial charge in [-0.3, -0.25) is 4.79 Å². The minimum Gasteiger partial charge on any atom is -0.478 e. The van der Waals surface area contributed by atoms with E-state index in [-0.39, 0.29) is 47.7 Å². The number of nitrogens with two attached hydrogens (primary N) is 1. The van der Waals surface area contributed by atoms with E-state index in [2.05, 4.69) is 16.0 Å². The van der Waals surface area contributed by atoms with Crippen LogP contribution in [0.25, 0.3) is 11.3 Å². The molecule has 0 bridgehead atoms. The number of nitrogens with zero attached hydrogens (tertiary/aromatic N) is 3. The van der Waals surface area contributed by atoms with Gasteiger partial charge in [0.1, 0.15) is 12.0 Å². The summed E-state index contributed by atoms with van der Waals surface area (Å²) in [6.45, 7) is 1.13. The number of hydrogen-bond acceptors (Lipinski definition) is 5. The van der Waals surface area contributed by atoms with Gasteiger partial charge in [0.25, 0.3) is 5.91 Å². The zero-order valence-corrected chi connectivity index (χ0v) is 22.5. The van der Waals surface area contributed by atoms with Crippen LogP contribution < -0.4 is 5.73 Å². The monoisotopic (exact) mass is 562 g/mol. The predicted octanol–water partition coefficient (Wildman–Crippen LogP) is 5.18. The fourth-order valence-electron chi connectivity index (χ4n) is 5.60. The summed E-state index contributed by atoms with van der Waals surface area (Å²) in [6, 6.07) is 14.7. The second-order valence-corrected chi connectivity index (χ2v) is 9.85. The number of carboxylic acids is 1. The molecular formula is C27H29Cl3N4O3. The first-order valence-electron chi connectivity index (χ1n) is 11.9. The van der Waals surface area contributed by atoms with E-state index in [1.807, 2.05) is 29.2 Å². The van der Waals surface area contributed by atoms with Gasteiger partial charge in [-0.15, -0.1) is 24.8 Å². The van der Waals surface area contributed by atoms with Crippen molar-refractivity contribution in [2.75, 3.05) is 13.1 Å². The molecule has 1 aromatic heterocycles. The van der Waals surface area contributed by atoms with E-state index >= 15 is 0 Å². The first-order chi connectivity index (χ1) is 16.9. The third kappa shape index (κ3) is 5.46. The van der Waals surface area contributed by atoms with Crippen LogP contribution in [0.4, 0.5) is 0 Å². The van der Waals surface area contributed by atoms with Gasteiger partial charge in [-0.1, -0.05) is 35.9 Å². The Morgan fingerprint density at radius 1 is 1.08 bits per heavy atom. The zero-order chi connectivity index (χ0) is 24.6. The Kier molecular flexibility index (Phi) is 9.18. The van der Waals surface area contributed by atoms with Gasteiger partial charge in [0.2, 0.25) is 0 Å². The molecule has 0 atom stereocenters. The highest BCUT2D eigenvalue weighted by molar-refractivity contribution is 6.30. The van der Waals surface area contributed by atoms with E-state index in [0.717, 1.165) is 31.2 Å². The molecule has 1 fully saturated rings. The Morgan fingerprint density at radius 2 is 1.78 bits per heavy atom. The van der Waals surface area contributed by atoms with Crippen molar-refractivity contribution in [1.29, 1.82) is 0 Å². The largest absolute Gasteiger partial charge is 0.478 e. The summed E-state index contributed by atoms with van der Waals surface area (Å²) in [5, 5.41) is 10.1. The number of fused-ring (bicyclic) bond motifs is 1. The minimum absolute atomic E-state index is 0. The van der Waals surface area contributed by atoms with Crippen LogP contribution in [0.15, 0.2) is 54.9 Å². The molecule has 10 heteroatoms. The van der Waals surface area contributed by atoms with Crippen LogP contribution in [-0.2, 0) is 11.8 Å². The van der Waals surface area contributed by atoms with Gasteiger partial charge in [-0.05, 0) is 61.9 Å². The van der Waals surface area contributed by atoms with Gasteiger partial charge >= 0.3 is 5.97 Å². The number of halogens is 3. The van der Waals surface area contributed by atoms with Crippen molar-refractivity contribution in [3.63, 3.8) is 0 Å². The second kappa shape index (κ2) is 11.8. The summed E-state index contributed by atoms with van der Waals surface area (Å²) >= 11 is 6.25. The molecule has 2 aliphatic rings. The molecule has 1 amide bonds. The van der Waals surface area contributed by atoms with Gasteiger partial charge in [-0.2, -0.15) is 0 Å². The van der Waals surface area contributed by atoms with E-state index in [4.69, 9.17) is 17.3 Å². The lowest BCUT2D eigenvalue weighted by atomic mass is 9.68. The number of amides is 1. The molecule has 3 N–H and O–H groups in total. The molecule has 1 aliphatic heterocycles. The number of aromatic carboxylic acids is 1. The van der Waals surface area contributed by atoms with Crippen LogP contribution in [0.3, 0.4) is 0 Å². The maximum atomic E-state index is 13.5. The van der Waals surface area contributed by atoms with Gasteiger partial charge in [-0.25, -0.2) is 14.8 Å². The molecule has 0 spiro atoms. The maximum Gasteiger partial charge on any atom is 0.335 e. The molecule has 0 unspecified atom stereocenters. The Labute approximate surface area is 233 Å². The summed E-state index contributed by atoms with van der Waals surface area (Å²) in [6.07, 6.45) is 5.53. The van der Waals surface area contributed by atoms with Gasteiger partial charge in [0.05, 0.1) is 11.3 Å². The van der Waals surface area contributed by atoms with Crippen LogP contribution in [0, 0.1) is 0 Å². The van der Waals surface area contributed by atoms with Crippen LogP contribution in [0.5, 0.6) is 0 Å². The van der Waals surface area contributed by atoms with Crippen molar-refractivity contribution < 1.29 is 14.7 Å². The van der Waals surface area contributed by atoms with Crippen LogP contribution in [-0.4, -0.2) is 51.0 Å². The Bertz CT molecular complexity index is 1300. The SMILES string of the molecule is Cl.Cl.NCC1(c2cccc(Cl)c2)CCC(N2CCc3c(ncnc3-c3cccc(C(=O)O)c3)C2=O)CC1. The standard InChI is InChI=1S/C27H27ClN4O3.2ClH/c28-20-6-2-5-19(14-20)27(15-29)10-7-21(8-11-27)32-12-9-22-23(30-16-31-24(22)25(32)33)17-3-1-4-18(13-17)26(34)35;;/h1-6,13-14,16,21H,7-12,15,29H2,(H,34,35);2*1H. The smallest absolute Gasteiger partial charge is 0.335 e. The molecule has 196 valence electrons. The number of carboxylic acid groups (broad SMARTS) is 1. The van der Waals surface area contributed by atoms with Gasteiger partial charge < -0.3 is 15.7 Å². The van der Waals surface area contributed by atoms with Crippen molar-refractivity contribution in [1.82, 2.24) is 14.9 Å². The molecule has 1 saturated carbocycles. The molecular weight excluding hydrogens is 535 g/mol. The van der Waals surface area contributed by atoms with Crippen molar-refractivity contribution in [3.05, 3.63) is 82.3 Å². The molecule has 1 aliphatic carbocycles. The fourth-order valence-corrected chi connectivity index (χ4v) is 5.79. The number of carbonyl (C=O) groups excluding carboxylic acids is 1. The van der Waals surface area contributed by atoms with E-state index < -0.39 is 5.97 Å². The van der Waals surface area contributed by atoms with Crippen LogP contribution in [0.2, 0.25) is 5.02 Å². The van der Waals surface area contributed by atoms with Crippen LogP contribution in [0.1, 0.15) is 57.7 Å². The average Bonchev–Trinajstić information content (AvgIpc) is 2.89. The molecule has 0 radical (unpaired) electrons. The molecule has 0 saturated heterocycles. The summed E-state index contributed by atoms with van der Waals surface area (Å²) in [5.74, 6) is -1.09. The first kappa shape index (κ1) is 28.9. The lowest BCUT2D eigenvalue weighted by Crippen LogP contribution is -2.50. The average molecular weight is 564 g/mol. The fraction of sp³-hybridized carbons (Fsp3) is 0.333. The maximum absolute atomic E-state index is 13.5. The quantitative estimate of drug-likeness (QED) is 0.443. The van der Waals surface area contributed by atoms with Crippen molar-refractivity contribution in [3.8, 4) is 11.3 Å². The number of hydrogen-bond donors (Lipinski definition) is 2. The highest BCUT2D eigenvalue weighted by Crippen LogP contribution is 2.41. The number of carbonyl (C=O) groups is 2. The Balaban J connectivity index is 0.00000190. The van der Waals surface area contributed by atoms with E-state index in [0.29, 0.717) is 41.5 Å². The summed E-state index contributed by atoms with van der Waals surface area (Å²) in [7, 11) is 0. The van der Waals surface area contributed by atoms with Crippen molar-refractivity contribution >= 4 is 48.3 Å². The summed E-state index contributed by atoms with van der Waals surface area (Å²) in [4.78, 5) is 35.6. The van der Waals surface area contributed by atoms with Gasteiger partial charge in [0.15, 0.2) is 0 Å². The minimum atomic E-state index is -0.999. The van der Waals surface area contributed by atoms with Crippen LogP contribution >= 0.6 is 36.4 Å². The van der Waals surface area contributed by atoms with Gasteiger partial charge in [0, 0.05) is 40.7 Å². The lowest BCUT2D eigenvalue weighted by Gasteiger charge is -2.44. The first-order valence-corrected chi connectivity index (χ1v) is 12.2. The molecule has 2 heterocycles. The Morgan fingerprint density at radius 3 is 2.46 bits per heavy atom. The molecule has 37 heavy (non-hydrogen) atoms. The lowest BCUT2D eigenvalue weighted by molar-refractivity contribution is 0.0567. The molecule has 2 aromatic carbocycles. The number of rotatable bonds is 5. The molecule has 5 rings (SSSR count). The van der Waals surface area contributed by atoms with E-state index in [9.17, 15) is 14.7 Å². The third-order valence-corrected chi connectivity index (χ3v) is 7.81. The topological polar surface area (TPSA) is 109 Å². The molecule has 7 nitrogen and oxygen atoms in total. The summed E-state index contributed by atoms with van der Waals surface area (Å²) in [5.41, 5.74) is 9.98.